The molecule has 3 aliphatic rings. The molecule has 0 aromatic heterocycles. The van der Waals surface area contributed by atoms with Gasteiger partial charge in [-0.05, 0) is 18.8 Å². The molecule has 0 bridgehead atoms. The van der Waals surface area contributed by atoms with Gasteiger partial charge < -0.3 is 20.3 Å². The third-order valence-electron chi connectivity index (χ3n) is 5.84. The SMILES string of the molecule is CC[C@@H]1CN(C(=O)[C@@H]2CCCN(C(N)=O)C2)C[C@@H]1N1CCOCC1. The molecule has 0 aromatic rings. The molecular formula is C17H30N4O3. The van der Waals surface area contributed by atoms with E-state index in [4.69, 9.17) is 10.5 Å². The molecule has 0 aromatic carbocycles. The number of amides is 3. The largest absolute Gasteiger partial charge is 0.379 e. The van der Waals surface area contributed by atoms with Crippen molar-refractivity contribution in [2.24, 2.45) is 17.6 Å². The molecule has 3 heterocycles. The van der Waals surface area contributed by atoms with E-state index in [9.17, 15) is 9.59 Å². The van der Waals surface area contributed by atoms with Crippen molar-refractivity contribution in [3.63, 3.8) is 0 Å². The Balaban J connectivity index is 1.62. The van der Waals surface area contributed by atoms with Crippen LogP contribution in [0, 0.1) is 11.8 Å². The maximum absolute atomic E-state index is 13.0. The van der Waals surface area contributed by atoms with Crippen molar-refractivity contribution < 1.29 is 14.3 Å². The Morgan fingerprint density at radius 1 is 1.08 bits per heavy atom. The van der Waals surface area contributed by atoms with E-state index in [0.29, 0.717) is 25.0 Å². The predicted molar refractivity (Wildman–Crippen MR) is 90.4 cm³/mol. The summed E-state index contributed by atoms with van der Waals surface area (Å²) in [6, 6.07) is 0.0326. The van der Waals surface area contributed by atoms with Crippen molar-refractivity contribution in [2.45, 2.75) is 32.2 Å². The van der Waals surface area contributed by atoms with Gasteiger partial charge in [0.1, 0.15) is 0 Å². The third-order valence-corrected chi connectivity index (χ3v) is 5.84. The van der Waals surface area contributed by atoms with Crippen LogP contribution in [-0.4, -0.2) is 85.2 Å². The molecule has 3 fully saturated rings. The van der Waals surface area contributed by atoms with Gasteiger partial charge in [0, 0.05) is 45.3 Å². The van der Waals surface area contributed by atoms with E-state index in [1.165, 1.54) is 0 Å². The number of rotatable bonds is 3. The quantitative estimate of drug-likeness (QED) is 0.805. The van der Waals surface area contributed by atoms with Gasteiger partial charge in [0.15, 0.2) is 0 Å². The van der Waals surface area contributed by atoms with Crippen LogP contribution in [0.15, 0.2) is 0 Å². The fraction of sp³-hybridized carbons (Fsp3) is 0.882. The number of hydrogen-bond donors (Lipinski definition) is 1. The van der Waals surface area contributed by atoms with Crippen LogP contribution in [0.5, 0.6) is 0 Å². The molecule has 3 aliphatic heterocycles. The third kappa shape index (κ3) is 3.67. The second kappa shape index (κ2) is 7.70. The summed E-state index contributed by atoms with van der Waals surface area (Å²) in [5, 5.41) is 0. The van der Waals surface area contributed by atoms with Gasteiger partial charge in [-0.3, -0.25) is 9.69 Å². The molecule has 3 amide bonds. The van der Waals surface area contributed by atoms with Gasteiger partial charge in [-0.2, -0.15) is 0 Å². The minimum absolute atomic E-state index is 0.0906. The van der Waals surface area contributed by atoms with Crippen molar-refractivity contribution in [3.8, 4) is 0 Å². The predicted octanol–water partition coefficient (Wildman–Crippen LogP) is 0.346. The highest BCUT2D eigenvalue weighted by molar-refractivity contribution is 5.81. The molecular weight excluding hydrogens is 308 g/mol. The maximum Gasteiger partial charge on any atom is 0.314 e. The van der Waals surface area contributed by atoms with Gasteiger partial charge in [-0.15, -0.1) is 0 Å². The molecule has 0 radical (unpaired) electrons. The Labute approximate surface area is 144 Å². The number of piperidine rings is 1. The lowest BCUT2D eigenvalue weighted by atomic mass is 9.97. The molecule has 0 unspecified atom stereocenters. The van der Waals surface area contributed by atoms with Gasteiger partial charge in [-0.1, -0.05) is 13.3 Å². The lowest BCUT2D eigenvalue weighted by molar-refractivity contribution is -0.136. The molecule has 0 aliphatic carbocycles. The summed E-state index contributed by atoms with van der Waals surface area (Å²) in [5.74, 6) is 0.644. The maximum atomic E-state index is 13.0. The van der Waals surface area contributed by atoms with E-state index >= 15 is 0 Å². The first-order valence-corrected chi connectivity index (χ1v) is 9.25. The zero-order chi connectivity index (χ0) is 17.1. The minimum atomic E-state index is -0.411. The number of nitrogens with zero attached hydrogens (tertiary/aromatic N) is 3. The summed E-state index contributed by atoms with van der Waals surface area (Å²) in [6.45, 7) is 8.51. The average molecular weight is 338 g/mol. The Kier molecular flexibility index (Phi) is 5.61. The standard InChI is InChI=1S/C17H30N4O3/c1-2-13-10-21(12-15(13)19-6-8-24-9-7-19)16(22)14-4-3-5-20(11-14)17(18)23/h13-15H,2-12H2,1H3,(H2,18,23)/t13-,14-,15+/m1/s1. The molecule has 2 N–H and O–H groups in total. The molecule has 136 valence electrons. The van der Waals surface area contributed by atoms with E-state index in [2.05, 4.69) is 11.8 Å². The van der Waals surface area contributed by atoms with Crippen LogP contribution in [0.3, 0.4) is 0 Å². The van der Waals surface area contributed by atoms with Crippen molar-refractivity contribution >= 4 is 11.9 Å². The average Bonchev–Trinajstić information content (AvgIpc) is 3.06. The number of carbonyl (C=O) groups is 2. The first kappa shape index (κ1) is 17.5. The number of hydrogen-bond acceptors (Lipinski definition) is 4. The molecule has 24 heavy (non-hydrogen) atoms. The number of primary amides is 1. The monoisotopic (exact) mass is 338 g/mol. The Morgan fingerprint density at radius 3 is 2.50 bits per heavy atom. The summed E-state index contributed by atoms with van der Waals surface area (Å²) in [5.41, 5.74) is 5.39. The van der Waals surface area contributed by atoms with Gasteiger partial charge in [-0.25, -0.2) is 4.79 Å². The van der Waals surface area contributed by atoms with Crippen LogP contribution in [0.1, 0.15) is 26.2 Å². The Bertz CT molecular complexity index is 467. The van der Waals surface area contributed by atoms with Gasteiger partial charge in [0.05, 0.1) is 19.1 Å². The summed E-state index contributed by atoms with van der Waals surface area (Å²) < 4.78 is 5.46. The van der Waals surface area contributed by atoms with Crippen LogP contribution in [0.2, 0.25) is 0 Å². The molecule has 3 atom stereocenters. The minimum Gasteiger partial charge on any atom is -0.379 e. The highest BCUT2D eigenvalue weighted by Crippen LogP contribution is 2.28. The number of likely N-dealkylation sites (tertiary alicyclic amines) is 2. The Hall–Kier alpha value is -1.34. The number of urea groups is 1. The smallest absolute Gasteiger partial charge is 0.314 e. The number of morpholine rings is 1. The first-order valence-electron chi connectivity index (χ1n) is 9.25. The molecule has 0 saturated carbocycles. The first-order chi connectivity index (χ1) is 11.6. The fourth-order valence-corrected chi connectivity index (χ4v) is 4.40. The normalized spacial score (nSPS) is 32.1. The lowest BCUT2D eigenvalue weighted by Gasteiger charge is -2.35. The summed E-state index contributed by atoms with van der Waals surface area (Å²) in [6.07, 6.45) is 2.80. The van der Waals surface area contributed by atoms with Crippen molar-refractivity contribution in [1.29, 1.82) is 0 Å². The Morgan fingerprint density at radius 2 is 1.83 bits per heavy atom. The number of nitrogens with two attached hydrogens (primary N) is 1. The fourth-order valence-electron chi connectivity index (χ4n) is 4.40. The summed E-state index contributed by atoms with van der Waals surface area (Å²) in [7, 11) is 0. The van der Waals surface area contributed by atoms with E-state index in [1.807, 2.05) is 4.90 Å². The number of carbonyl (C=O) groups excluding carboxylic acids is 2. The molecule has 0 spiro atoms. The van der Waals surface area contributed by atoms with Crippen LogP contribution in [0.4, 0.5) is 4.79 Å². The van der Waals surface area contributed by atoms with Crippen LogP contribution in [-0.2, 0) is 9.53 Å². The molecule has 7 heteroatoms. The van der Waals surface area contributed by atoms with Gasteiger partial charge in [0.25, 0.3) is 0 Å². The van der Waals surface area contributed by atoms with Crippen LogP contribution < -0.4 is 5.73 Å². The summed E-state index contributed by atoms with van der Waals surface area (Å²) in [4.78, 5) is 30.5. The molecule has 3 rings (SSSR count). The second-order valence-corrected chi connectivity index (χ2v) is 7.25. The van der Waals surface area contributed by atoms with Gasteiger partial charge >= 0.3 is 6.03 Å². The molecule has 7 nitrogen and oxygen atoms in total. The lowest BCUT2D eigenvalue weighted by Crippen LogP contribution is -2.49. The number of ether oxygens (including phenoxy) is 1. The van der Waals surface area contributed by atoms with Crippen molar-refractivity contribution in [3.05, 3.63) is 0 Å². The second-order valence-electron chi connectivity index (χ2n) is 7.25. The highest BCUT2D eigenvalue weighted by atomic mass is 16.5. The zero-order valence-electron chi connectivity index (χ0n) is 14.7. The zero-order valence-corrected chi connectivity index (χ0v) is 14.7. The van der Waals surface area contributed by atoms with Crippen LogP contribution >= 0.6 is 0 Å². The van der Waals surface area contributed by atoms with E-state index < -0.39 is 6.03 Å². The highest BCUT2D eigenvalue weighted by Gasteiger charge is 2.40. The van der Waals surface area contributed by atoms with Crippen molar-refractivity contribution in [2.75, 3.05) is 52.5 Å². The summed E-state index contributed by atoms with van der Waals surface area (Å²) >= 11 is 0. The van der Waals surface area contributed by atoms with Crippen LogP contribution in [0.25, 0.3) is 0 Å². The van der Waals surface area contributed by atoms with Gasteiger partial charge in [0.2, 0.25) is 5.91 Å². The molecule has 3 saturated heterocycles. The van der Waals surface area contributed by atoms with E-state index in [-0.39, 0.29) is 11.8 Å². The van der Waals surface area contributed by atoms with E-state index in [1.54, 1.807) is 4.90 Å². The van der Waals surface area contributed by atoms with E-state index in [0.717, 1.165) is 58.7 Å². The topological polar surface area (TPSA) is 79.1 Å². The van der Waals surface area contributed by atoms with Crippen molar-refractivity contribution in [1.82, 2.24) is 14.7 Å².